The number of carboxylic acid groups (broad SMARTS) is 1. The van der Waals surface area contributed by atoms with Gasteiger partial charge in [-0.15, -0.1) is 10.2 Å². The molecule has 184 valence electrons. The Bertz CT molecular complexity index is 1210. The highest BCUT2D eigenvalue weighted by molar-refractivity contribution is 9.10. The van der Waals surface area contributed by atoms with Crippen LogP contribution in [0.5, 0.6) is 11.6 Å². The van der Waals surface area contributed by atoms with Crippen LogP contribution >= 0.6 is 43.6 Å². The normalized spacial score (nSPS) is 14.2. The standard InChI is InChI=1S/C24H24Br2N4O4S/c1-2-3-4-5-10-35-24-28-23-21(29-30-24)16-11-14(25)6-8-18(16)27-22(34-23)17-12-15(26)7-9-19(17)33-13-20(31)32/h6-9,11-12,22,27H,2-5,10,13H2,1H3,(H,31,32). The zero-order chi connectivity index (χ0) is 24.8. The van der Waals surface area contributed by atoms with Crippen molar-refractivity contribution in [3.8, 4) is 22.9 Å². The topological polar surface area (TPSA) is 106 Å². The quantitative estimate of drug-likeness (QED) is 0.188. The number of unbranched alkanes of at least 4 members (excludes halogenated alkanes) is 3. The molecule has 8 nitrogen and oxygen atoms in total. The Kier molecular flexibility index (Phi) is 8.85. The number of hydrogen-bond acceptors (Lipinski definition) is 8. The summed E-state index contributed by atoms with van der Waals surface area (Å²) in [6, 6.07) is 11.1. The Labute approximate surface area is 224 Å². The number of halogens is 2. The van der Waals surface area contributed by atoms with Crippen molar-refractivity contribution < 1.29 is 19.4 Å². The van der Waals surface area contributed by atoms with Gasteiger partial charge in [0.05, 0.1) is 5.56 Å². The van der Waals surface area contributed by atoms with Crippen LogP contribution in [-0.2, 0) is 4.79 Å². The van der Waals surface area contributed by atoms with Crippen LogP contribution in [0.1, 0.15) is 44.4 Å². The molecule has 35 heavy (non-hydrogen) atoms. The molecule has 2 aromatic carbocycles. The minimum absolute atomic E-state index is 0.342. The average molecular weight is 624 g/mol. The second kappa shape index (κ2) is 12.0. The van der Waals surface area contributed by atoms with E-state index in [1.54, 1.807) is 23.9 Å². The van der Waals surface area contributed by atoms with Gasteiger partial charge in [-0.3, -0.25) is 0 Å². The van der Waals surface area contributed by atoms with Gasteiger partial charge in [0, 0.05) is 25.9 Å². The molecule has 0 amide bonds. The summed E-state index contributed by atoms with van der Waals surface area (Å²) in [7, 11) is 0. The van der Waals surface area contributed by atoms with Gasteiger partial charge in [0.15, 0.2) is 12.3 Å². The van der Waals surface area contributed by atoms with E-state index in [4.69, 9.17) is 14.6 Å². The maximum atomic E-state index is 11.1. The van der Waals surface area contributed by atoms with E-state index in [0.29, 0.717) is 28.0 Å². The Hall–Kier alpha value is -2.37. The van der Waals surface area contributed by atoms with Crippen LogP contribution in [0.2, 0.25) is 0 Å². The molecule has 2 N–H and O–H groups in total. The fourth-order valence-corrected chi connectivity index (χ4v) is 5.08. The first-order valence-corrected chi connectivity index (χ1v) is 13.8. The first kappa shape index (κ1) is 25.7. The molecule has 2 heterocycles. The third-order valence-electron chi connectivity index (χ3n) is 5.22. The molecule has 1 aromatic heterocycles. The number of carboxylic acids is 1. The second-order valence-corrected chi connectivity index (χ2v) is 10.7. The van der Waals surface area contributed by atoms with Crippen LogP contribution in [0.15, 0.2) is 50.5 Å². The predicted octanol–water partition coefficient (Wildman–Crippen LogP) is 6.70. The number of ether oxygens (including phenoxy) is 2. The number of fused-ring (bicyclic) bond motifs is 3. The lowest BCUT2D eigenvalue weighted by Crippen LogP contribution is -2.19. The summed E-state index contributed by atoms with van der Waals surface area (Å²) in [5.74, 6) is 0.576. The van der Waals surface area contributed by atoms with Crippen LogP contribution in [0.4, 0.5) is 5.69 Å². The average Bonchev–Trinajstić information content (AvgIpc) is 2.99. The van der Waals surface area contributed by atoms with Crippen molar-refractivity contribution in [2.24, 2.45) is 0 Å². The fraction of sp³-hybridized carbons (Fsp3) is 0.333. The van der Waals surface area contributed by atoms with Crippen molar-refractivity contribution in [1.82, 2.24) is 15.2 Å². The number of nitrogens with one attached hydrogen (secondary N) is 1. The van der Waals surface area contributed by atoms with Gasteiger partial charge in [-0.05, 0) is 42.8 Å². The summed E-state index contributed by atoms with van der Waals surface area (Å²) in [4.78, 5) is 15.8. The number of benzene rings is 2. The highest BCUT2D eigenvalue weighted by Gasteiger charge is 2.28. The second-order valence-electron chi connectivity index (χ2n) is 7.85. The van der Waals surface area contributed by atoms with Gasteiger partial charge in [-0.25, -0.2) is 4.79 Å². The molecule has 0 fully saturated rings. The summed E-state index contributed by atoms with van der Waals surface area (Å²) >= 11 is 8.58. The SMILES string of the molecule is CCCCCCSc1nnc2c(n1)OC(c1cc(Br)ccc1OCC(=O)O)Nc1ccc(Br)cc1-2. The van der Waals surface area contributed by atoms with E-state index in [2.05, 4.69) is 59.3 Å². The van der Waals surface area contributed by atoms with E-state index in [9.17, 15) is 4.79 Å². The van der Waals surface area contributed by atoms with Crippen LogP contribution in [0.25, 0.3) is 11.3 Å². The van der Waals surface area contributed by atoms with Crippen molar-refractivity contribution in [1.29, 1.82) is 0 Å². The molecule has 11 heteroatoms. The molecule has 1 atom stereocenters. The lowest BCUT2D eigenvalue weighted by atomic mass is 10.1. The molecule has 0 aliphatic carbocycles. The van der Waals surface area contributed by atoms with Crippen molar-refractivity contribution in [3.63, 3.8) is 0 Å². The summed E-state index contributed by atoms with van der Waals surface area (Å²) in [5, 5.41) is 21.8. The van der Waals surface area contributed by atoms with Gasteiger partial charge in [0.1, 0.15) is 5.75 Å². The smallest absolute Gasteiger partial charge is 0.341 e. The Morgan fingerprint density at radius 2 is 1.94 bits per heavy atom. The lowest BCUT2D eigenvalue weighted by molar-refractivity contribution is -0.139. The minimum atomic E-state index is -1.06. The van der Waals surface area contributed by atoms with Crippen LogP contribution < -0.4 is 14.8 Å². The number of aromatic nitrogens is 3. The summed E-state index contributed by atoms with van der Waals surface area (Å²) in [6.07, 6.45) is 3.95. The summed E-state index contributed by atoms with van der Waals surface area (Å²) in [5.41, 5.74) is 2.71. The number of nitrogens with zero attached hydrogens (tertiary/aromatic N) is 3. The van der Waals surface area contributed by atoms with Gasteiger partial charge in [-0.1, -0.05) is 69.8 Å². The van der Waals surface area contributed by atoms with E-state index < -0.39 is 18.8 Å². The Morgan fingerprint density at radius 3 is 2.74 bits per heavy atom. The zero-order valence-corrected chi connectivity index (χ0v) is 23.0. The van der Waals surface area contributed by atoms with Crippen molar-refractivity contribution in [3.05, 3.63) is 50.9 Å². The van der Waals surface area contributed by atoms with E-state index in [0.717, 1.165) is 32.4 Å². The van der Waals surface area contributed by atoms with E-state index in [1.165, 1.54) is 19.3 Å². The molecule has 4 rings (SSSR count). The molecule has 1 aliphatic heterocycles. The molecule has 0 saturated carbocycles. The van der Waals surface area contributed by atoms with Gasteiger partial charge in [0.2, 0.25) is 17.3 Å². The van der Waals surface area contributed by atoms with Gasteiger partial charge in [0.25, 0.3) is 0 Å². The van der Waals surface area contributed by atoms with Gasteiger partial charge >= 0.3 is 5.97 Å². The number of anilines is 1. The molecule has 1 aliphatic rings. The third kappa shape index (κ3) is 6.65. The highest BCUT2D eigenvalue weighted by Crippen LogP contribution is 2.42. The molecule has 0 saturated heterocycles. The van der Waals surface area contributed by atoms with Gasteiger partial charge < -0.3 is 19.9 Å². The van der Waals surface area contributed by atoms with Crippen LogP contribution in [-0.4, -0.2) is 38.6 Å². The molecule has 0 radical (unpaired) electrons. The molecule has 0 bridgehead atoms. The molecule has 0 spiro atoms. The minimum Gasteiger partial charge on any atom is -0.481 e. The Morgan fingerprint density at radius 1 is 1.14 bits per heavy atom. The maximum Gasteiger partial charge on any atom is 0.341 e. The fourth-order valence-electron chi connectivity index (χ4n) is 3.56. The zero-order valence-electron chi connectivity index (χ0n) is 19.0. The number of thioether (sulfide) groups is 1. The number of carbonyl (C=O) groups is 1. The van der Waals surface area contributed by atoms with Crippen molar-refractivity contribution >= 4 is 55.3 Å². The van der Waals surface area contributed by atoms with Crippen LogP contribution in [0, 0.1) is 0 Å². The summed E-state index contributed by atoms with van der Waals surface area (Å²) in [6.45, 7) is 1.72. The number of hydrogen-bond donors (Lipinski definition) is 2. The van der Waals surface area contributed by atoms with E-state index in [1.807, 2.05) is 24.3 Å². The molecule has 3 aromatic rings. The number of rotatable bonds is 10. The number of aliphatic carboxylic acids is 1. The lowest BCUT2D eigenvalue weighted by Gasteiger charge is -2.22. The monoisotopic (exact) mass is 622 g/mol. The van der Waals surface area contributed by atoms with Crippen molar-refractivity contribution in [2.75, 3.05) is 17.7 Å². The van der Waals surface area contributed by atoms with E-state index in [-0.39, 0.29) is 0 Å². The molecular formula is C24H24Br2N4O4S. The van der Waals surface area contributed by atoms with E-state index >= 15 is 0 Å². The largest absolute Gasteiger partial charge is 0.481 e. The van der Waals surface area contributed by atoms with Crippen LogP contribution in [0.3, 0.4) is 0 Å². The first-order valence-electron chi connectivity index (χ1n) is 11.2. The molecule has 1 unspecified atom stereocenters. The highest BCUT2D eigenvalue weighted by atomic mass is 79.9. The van der Waals surface area contributed by atoms with Crippen molar-refractivity contribution in [2.45, 2.75) is 44.0 Å². The molecular weight excluding hydrogens is 600 g/mol. The summed E-state index contributed by atoms with van der Waals surface area (Å²) < 4.78 is 13.6. The Balaban J connectivity index is 1.70. The maximum absolute atomic E-state index is 11.1. The van der Waals surface area contributed by atoms with Gasteiger partial charge in [-0.2, -0.15) is 4.98 Å². The third-order valence-corrected chi connectivity index (χ3v) is 7.13. The first-order chi connectivity index (χ1) is 16.9. The predicted molar refractivity (Wildman–Crippen MR) is 142 cm³/mol.